The van der Waals surface area contributed by atoms with Crippen molar-refractivity contribution in [2.45, 2.75) is 33.2 Å². The number of halogens is 2. The molecule has 1 aromatic carbocycles. The molecule has 0 unspecified atom stereocenters. The van der Waals surface area contributed by atoms with Crippen molar-refractivity contribution < 1.29 is 4.39 Å². The van der Waals surface area contributed by atoms with E-state index in [4.69, 9.17) is 5.73 Å². The second-order valence-corrected chi connectivity index (χ2v) is 5.56. The molecule has 0 bridgehead atoms. The number of hydrogen-bond acceptors (Lipinski definition) is 2. The summed E-state index contributed by atoms with van der Waals surface area (Å²) in [5, 5.41) is 0. The van der Waals surface area contributed by atoms with Gasteiger partial charge in [0.25, 0.3) is 0 Å². The van der Waals surface area contributed by atoms with Crippen LogP contribution in [0.2, 0.25) is 0 Å². The topological polar surface area (TPSA) is 43.8 Å². The molecule has 0 amide bonds. The predicted octanol–water partition coefficient (Wildman–Crippen LogP) is 4.18. The van der Waals surface area contributed by atoms with Crippen LogP contribution in [0.25, 0.3) is 11.3 Å². The zero-order valence-corrected chi connectivity index (χ0v) is 12.8. The van der Waals surface area contributed by atoms with Crippen molar-refractivity contribution in [1.82, 2.24) is 9.55 Å². The normalized spacial score (nSPS) is 11.3. The molecule has 1 aromatic heterocycles. The van der Waals surface area contributed by atoms with Crippen molar-refractivity contribution in [3.8, 4) is 11.3 Å². The van der Waals surface area contributed by atoms with Crippen LogP contribution in [0.4, 0.5) is 10.2 Å². The maximum Gasteiger partial charge on any atom is 0.132 e. The summed E-state index contributed by atoms with van der Waals surface area (Å²) in [5.41, 5.74) is 7.51. The molecule has 0 aliphatic rings. The number of anilines is 1. The van der Waals surface area contributed by atoms with Crippen molar-refractivity contribution in [2.75, 3.05) is 5.73 Å². The molecule has 3 nitrogen and oxygen atoms in total. The van der Waals surface area contributed by atoms with Crippen molar-refractivity contribution in [3.63, 3.8) is 0 Å². The van der Waals surface area contributed by atoms with Crippen LogP contribution in [0.3, 0.4) is 0 Å². The minimum atomic E-state index is -0.297. The van der Waals surface area contributed by atoms with Gasteiger partial charge in [0, 0.05) is 22.5 Å². The molecule has 5 heteroatoms. The summed E-state index contributed by atoms with van der Waals surface area (Å²) in [6, 6.07) is 4.75. The van der Waals surface area contributed by atoms with Crippen molar-refractivity contribution in [2.24, 2.45) is 0 Å². The molecule has 1 heterocycles. The highest BCUT2D eigenvalue weighted by Crippen LogP contribution is 2.34. The summed E-state index contributed by atoms with van der Waals surface area (Å²) in [7, 11) is 0. The van der Waals surface area contributed by atoms with Gasteiger partial charge < -0.3 is 10.3 Å². The third-order valence-corrected chi connectivity index (χ3v) is 3.73. The van der Waals surface area contributed by atoms with Crippen LogP contribution < -0.4 is 5.73 Å². The highest BCUT2D eigenvalue weighted by atomic mass is 79.9. The quantitative estimate of drug-likeness (QED) is 0.920. The van der Waals surface area contributed by atoms with Crippen LogP contribution in [0, 0.1) is 5.82 Å². The zero-order valence-electron chi connectivity index (χ0n) is 11.2. The van der Waals surface area contributed by atoms with E-state index in [1.807, 2.05) is 11.5 Å². The molecule has 0 radical (unpaired) electrons. The van der Waals surface area contributed by atoms with Crippen LogP contribution in [0.1, 0.15) is 32.6 Å². The molecule has 0 fully saturated rings. The van der Waals surface area contributed by atoms with E-state index in [0.29, 0.717) is 17.1 Å². The molecule has 0 aliphatic heterocycles. The smallest absolute Gasteiger partial charge is 0.132 e. The molecule has 19 heavy (non-hydrogen) atoms. The predicted molar refractivity (Wildman–Crippen MR) is 79.5 cm³/mol. The fraction of sp³-hybridized carbons (Fsp3) is 0.357. The summed E-state index contributed by atoms with van der Waals surface area (Å²) < 4.78 is 16.2. The van der Waals surface area contributed by atoms with Crippen LogP contribution in [0.15, 0.2) is 22.7 Å². The number of nitrogens with zero attached hydrogens (tertiary/aromatic N) is 2. The van der Waals surface area contributed by atoms with Gasteiger partial charge in [0.05, 0.1) is 0 Å². The van der Waals surface area contributed by atoms with E-state index in [1.165, 1.54) is 12.1 Å². The van der Waals surface area contributed by atoms with Gasteiger partial charge in [-0.05, 0) is 32.0 Å². The Morgan fingerprint density at radius 2 is 2.11 bits per heavy atom. The number of rotatable bonds is 3. The van der Waals surface area contributed by atoms with Gasteiger partial charge in [0.15, 0.2) is 0 Å². The van der Waals surface area contributed by atoms with Gasteiger partial charge in [-0.2, -0.15) is 0 Å². The molecule has 0 spiro atoms. The van der Waals surface area contributed by atoms with Gasteiger partial charge in [-0.1, -0.05) is 22.9 Å². The van der Waals surface area contributed by atoms with Crippen molar-refractivity contribution in [3.05, 3.63) is 34.3 Å². The van der Waals surface area contributed by atoms with Crippen LogP contribution in [-0.2, 0) is 6.42 Å². The maximum atomic E-state index is 13.4. The van der Waals surface area contributed by atoms with E-state index in [1.54, 1.807) is 6.07 Å². The monoisotopic (exact) mass is 325 g/mol. The Bertz CT molecular complexity index is 605. The Hall–Kier alpha value is -1.36. The van der Waals surface area contributed by atoms with Gasteiger partial charge in [-0.25, -0.2) is 9.37 Å². The minimum absolute atomic E-state index is 0.225. The third kappa shape index (κ3) is 2.52. The Morgan fingerprint density at radius 3 is 2.63 bits per heavy atom. The molecule has 2 N–H and O–H groups in total. The number of aryl methyl sites for hydroxylation is 1. The molecule has 2 aromatic rings. The first-order valence-electron chi connectivity index (χ1n) is 6.27. The second-order valence-electron chi connectivity index (χ2n) is 4.70. The number of imidazole rings is 1. The van der Waals surface area contributed by atoms with Gasteiger partial charge in [0.1, 0.15) is 23.2 Å². The summed E-state index contributed by atoms with van der Waals surface area (Å²) in [6.07, 6.45) is 0.787. The van der Waals surface area contributed by atoms with Gasteiger partial charge >= 0.3 is 0 Å². The van der Waals surface area contributed by atoms with Crippen LogP contribution >= 0.6 is 15.9 Å². The van der Waals surface area contributed by atoms with Crippen LogP contribution in [0.5, 0.6) is 0 Å². The largest absolute Gasteiger partial charge is 0.383 e. The Morgan fingerprint density at radius 1 is 1.42 bits per heavy atom. The average molecular weight is 326 g/mol. The first kappa shape index (κ1) is 14.1. The van der Waals surface area contributed by atoms with Gasteiger partial charge in [-0.3, -0.25) is 0 Å². The first-order valence-corrected chi connectivity index (χ1v) is 7.07. The van der Waals surface area contributed by atoms with E-state index >= 15 is 0 Å². The Kier molecular flexibility index (Phi) is 3.94. The van der Waals surface area contributed by atoms with Crippen molar-refractivity contribution in [1.29, 1.82) is 0 Å². The standard InChI is InChI=1S/C14H17BrFN3/c1-4-12-18-13(14(17)19(12)8(2)3)10-7-9(16)5-6-11(10)15/h5-8H,4,17H2,1-3H3. The third-order valence-electron chi connectivity index (χ3n) is 3.04. The number of aromatic nitrogens is 2. The lowest BCUT2D eigenvalue weighted by atomic mass is 10.1. The molecule has 0 atom stereocenters. The molecule has 2 rings (SSSR count). The fourth-order valence-corrected chi connectivity index (χ4v) is 2.63. The number of nitrogen functional groups attached to an aromatic ring is 1. The van der Waals surface area contributed by atoms with Gasteiger partial charge in [0.2, 0.25) is 0 Å². The van der Waals surface area contributed by atoms with E-state index in [-0.39, 0.29) is 11.9 Å². The van der Waals surface area contributed by atoms with Crippen LogP contribution in [-0.4, -0.2) is 9.55 Å². The summed E-state index contributed by atoms with van der Waals surface area (Å²) in [6.45, 7) is 6.15. The molecule has 102 valence electrons. The summed E-state index contributed by atoms with van der Waals surface area (Å²) >= 11 is 3.42. The molecule has 0 saturated heterocycles. The summed E-state index contributed by atoms with van der Waals surface area (Å²) in [5.74, 6) is 1.20. The molecular weight excluding hydrogens is 309 g/mol. The van der Waals surface area contributed by atoms with Gasteiger partial charge in [-0.15, -0.1) is 0 Å². The number of nitrogens with two attached hydrogens (primary N) is 1. The zero-order chi connectivity index (χ0) is 14.2. The maximum absolute atomic E-state index is 13.4. The number of hydrogen-bond donors (Lipinski definition) is 1. The van der Waals surface area contributed by atoms with E-state index in [2.05, 4.69) is 34.8 Å². The summed E-state index contributed by atoms with van der Waals surface area (Å²) in [4.78, 5) is 4.56. The molecule has 0 aliphatic carbocycles. The fourth-order valence-electron chi connectivity index (χ4n) is 2.20. The highest BCUT2D eigenvalue weighted by molar-refractivity contribution is 9.10. The Labute approximate surface area is 120 Å². The minimum Gasteiger partial charge on any atom is -0.383 e. The number of benzene rings is 1. The lowest BCUT2D eigenvalue weighted by molar-refractivity contribution is 0.579. The SMILES string of the molecule is CCc1nc(-c2cc(F)ccc2Br)c(N)n1C(C)C. The van der Waals surface area contributed by atoms with E-state index in [9.17, 15) is 4.39 Å². The average Bonchev–Trinajstić information content (AvgIpc) is 2.69. The van der Waals surface area contributed by atoms with Crippen molar-refractivity contribution >= 4 is 21.7 Å². The Balaban J connectivity index is 2.66. The van der Waals surface area contributed by atoms with E-state index in [0.717, 1.165) is 16.7 Å². The van der Waals surface area contributed by atoms with E-state index < -0.39 is 0 Å². The lowest BCUT2D eigenvalue weighted by Gasteiger charge is -2.12. The molecule has 0 saturated carbocycles. The second kappa shape index (κ2) is 5.33. The lowest BCUT2D eigenvalue weighted by Crippen LogP contribution is -2.08. The molecular formula is C14H17BrFN3. The first-order chi connectivity index (χ1) is 8.95. The highest BCUT2D eigenvalue weighted by Gasteiger charge is 2.19.